The Kier molecular flexibility index (Phi) is 10.7. The average molecular weight is 313 g/mol. The van der Waals surface area contributed by atoms with Gasteiger partial charge in [-0.2, -0.15) is 0 Å². The lowest BCUT2D eigenvalue weighted by molar-refractivity contribution is -0.119. The van der Waals surface area contributed by atoms with Crippen molar-refractivity contribution < 1.29 is 15.0 Å². The van der Waals surface area contributed by atoms with Crippen LogP contribution in [0.5, 0.6) is 0 Å². The minimum absolute atomic E-state index is 0.0117. The number of piperidine rings is 1. The fourth-order valence-corrected chi connectivity index (χ4v) is 3.24. The highest BCUT2D eigenvalue weighted by Gasteiger charge is 2.27. The topological polar surface area (TPSA) is 69.6 Å². The minimum atomic E-state index is -0.403. The number of rotatable bonds is 12. The lowest BCUT2D eigenvalue weighted by atomic mass is 9.92. The van der Waals surface area contributed by atoms with Gasteiger partial charge in [-0.3, -0.25) is 4.79 Å². The van der Waals surface area contributed by atoms with E-state index in [2.05, 4.69) is 12.2 Å². The molecule has 1 aliphatic rings. The predicted molar refractivity (Wildman–Crippen MR) is 89.9 cm³/mol. The molecule has 0 bridgehead atoms. The number of hydrogen-bond donors (Lipinski definition) is 3. The summed E-state index contributed by atoms with van der Waals surface area (Å²) in [6.45, 7) is 2.17. The molecular formula is C18H35NO3. The van der Waals surface area contributed by atoms with Crippen LogP contribution in [0.1, 0.15) is 84.0 Å². The summed E-state index contributed by atoms with van der Waals surface area (Å²) in [5.41, 5.74) is 0. The Morgan fingerprint density at radius 2 is 1.73 bits per heavy atom. The smallest absolute Gasteiger partial charge is 0.132 e. The van der Waals surface area contributed by atoms with Gasteiger partial charge in [0.2, 0.25) is 0 Å². The van der Waals surface area contributed by atoms with Crippen molar-refractivity contribution in [2.24, 2.45) is 0 Å². The van der Waals surface area contributed by atoms with Gasteiger partial charge in [0.05, 0.1) is 18.8 Å². The second-order valence-electron chi connectivity index (χ2n) is 6.75. The lowest BCUT2D eigenvalue weighted by Gasteiger charge is -2.34. The van der Waals surface area contributed by atoms with Gasteiger partial charge in [0, 0.05) is 18.9 Å². The van der Waals surface area contributed by atoms with Crippen LogP contribution < -0.4 is 5.32 Å². The maximum absolute atomic E-state index is 11.6. The second-order valence-corrected chi connectivity index (χ2v) is 6.75. The summed E-state index contributed by atoms with van der Waals surface area (Å²) in [6, 6.07) is 0.274. The maximum atomic E-state index is 11.6. The summed E-state index contributed by atoms with van der Waals surface area (Å²) in [4.78, 5) is 11.6. The van der Waals surface area contributed by atoms with E-state index >= 15 is 0 Å². The summed E-state index contributed by atoms with van der Waals surface area (Å²) in [5, 5.41) is 22.2. The Balaban J connectivity index is 1.96. The largest absolute Gasteiger partial charge is 0.395 e. The first-order chi connectivity index (χ1) is 10.7. The van der Waals surface area contributed by atoms with Gasteiger partial charge in [-0.05, 0) is 32.1 Å². The highest BCUT2D eigenvalue weighted by molar-refractivity contribution is 5.78. The van der Waals surface area contributed by atoms with Gasteiger partial charge in [-0.1, -0.05) is 39.0 Å². The molecule has 4 heteroatoms. The minimum Gasteiger partial charge on any atom is -0.395 e. The Bertz CT molecular complexity index is 296. The number of hydrogen-bond acceptors (Lipinski definition) is 4. The molecule has 1 heterocycles. The first-order valence-corrected chi connectivity index (χ1v) is 9.24. The Hall–Kier alpha value is -0.450. The molecule has 0 saturated carbocycles. The van der Waals surface area contributed by atoms with Crippen LogP contribution in [-0.2, 0) is 4.79 Å². The first-order valence-electron chi connectivity index (χ1n) is 9.24. The van der Waals surface area contributed by atoms with Crippen molar-refractivity contribution in [3.63, 3.8) is 0 Å². The molecule has 4 nitrogen and oxygen atoms in total. The van der Waals surface area contributed by atoms with Crippen molar-refractivity contribution >= 4 is 5.78 Å². The SMILES string of the molecule is CCCCCC(=O)CCCCCCC1CCC(O)C(CO)N1. The summed E-state index contributed by atoms with van der Waals surface area (Å²) in [7, 11) is 0. The molecule has 22 heavy (non-hydrogen) atoms. The normalized spacial score (nSPS) is 25.3. The van der Waals surface area contributed by atoms with Gasteiger partial charge in [-0.25, -0.2) is 0 Å². The summed E-state index contributed by atoms with van der Waals surface area (Å²) in [6.07, 6.45) is 11.9. The van der Waals surface area contributed by atoms with E-state index in [1.165, 1.54) is 19.3 Å². The molecule has 0 aliphatic carbocycles. The Labute approximate surface area is 135 Å². The van der Waals surface area contributed by atoms with Crippen LogP contribution in [0.25, 0.3) is 0 Å². The molecule has 1 aliphatic heterocycles. The molecule has 3 atom stereocenters. The van der Waals surface area contributed by atoms with Gasteiger partial charge in [0.15, 0.2) is 0 Å². The van der Waals surface area contributed by atoms with E-state index in [0.29, 0.717) is 11.8 Å². The van der Waals surface area contributed by atoms with E-state index in [-0.39, 0.29) is 12.6 Å². The number of nitrogens with one attached hydrogen (secondary N) is 1. The van der Waals surface area contributed by atoms with Crippen LogP contribution in [0.15, 0.2) is 0 Å². The molecule has 0 amide bonds. The average Bonchev–Trinajstić information content (AvgIpc) is 2.52. The lowest BCUT2D eigenvalue weighted by Crippen LogP contribution is -2.52. The van der Waals surface area contributed by atoms with Crippen molar-refractivity contribution in [1.82, 2.24) is 5.32 Å². The molecule has 0 aromatic rings. The summed E-state index contributed by atoms with van der Waals surface area (Å²) >= 11 is 0. The summed E-state index contributed by atoms with van der Waals surface area (Å²) in [5.74, 6) is 0.433. The van der Waals surface area contributed by atoms with Gasteiger partial charge >= 0.3 is 0 Å². The summed E-state index contributed by atoms with van der Waals surface area (Å²) < 4.78 is 0. The van der Waals surface area contributed by atoms with Crippen molar-refractivity contribution in [3.8, 4) is 0 Å². The fourth-order valence-electron chi connectivity index (χ4n) is 3.24. The number of ketones is 1. The third-order valence-electron chi connectivity index (χ3n) is 4.74. The zero-order valence-corrected chi connectivity index (χ0v) is 14.2. The molecule has 130 valence electrons. The molecule has 0 radical (unpaired) electrons. The van der Waals surface area contributed by atoms with Crippen LogP contribution in [0.4, 0.5) is 0 Å². The molecule has 1 fully saturated rings. The number of unbranched alkanes of at least 4 members (excludes halogenated alkanes) is 5. The van der Waals surface area contributed by atoms with E-state index in [0.717, 1.165) is 57.8 Å². The second kappa shape index (κ2) is 12.0. The van der Waals surface area contributed by atoms with Crippen LogP contribution in [-0.4, -0.2) is 40.8 Å². The zero-order valence-electron chi connectivity index (χ0n) is 14.2. The van der Waals surface area contributed by atoms with Crippen molar-refractivity contribution in [2.45, 2.75) is 102 Å². The van der Waals surface area contributed by atoms with E-state index in [9.17, 15) is 15.0 Å². The van der Waals surface area contributed by atoms with Crippen molar-refractivity contribution in [1.29, 1.82) is 0 Å². The third-order valence-corrected chi connectivity index (χ3v) is 4.74. The number of carbonyl (C=O) groups excluding carboxylic acids is 1. The van der Waals surface area contributed by atoms with Gasteiger partial charge in [0.25, 0.3) is 0 Å². The van der Waals surface area contributed by atoms with Crippen LogP contribution in [0.3, 0.4) is 0 Å². The monoisotopic (exact) mass is 313 g/mol. The standard InChI is InChI=1S/C18H35NO3/c1-2-3-6-10-16(21)11-8-5-4-7-9-15-12-13-18(22)17(14-20)19-15/h15,17-20,22H,2-14H2,1H3. The first kappa shape index (κ1) is 19.6. The van der Waals surface area contributed by atoms with Crippen molar-refractivity contribution in [2.75, 3.05) is 6.61 Å². The van der Waals surface area contributed by atoms with Gasteiger partial charge in [0.1, 0.15) is 5.78 Å². The number of carbonyl (C=O) groups is 1. The molecule has 0 aromatic carbocycles. The Morgan fingerprint density at radius 1 is 1.05 bits per heavy atom. The molecule has 3 unspecified atom stereocenters. The van der Waals surface area contributed by atoms with Crippen LogP contribution in [0, 0.1) is 0 Å². The predicted octanol–water partition coefficient (Wildman–Crippen LogP) is 2.95. The third kappa shape index (κ3) is 8.25. The van der Waals surface area contributed by atoms with E-state index in [4.69, 9.17) is 0 Å². The fraction of sp³-hybridized carbons (Fsp3) is 0.944. The quantitative estimate of drug-likeness (QED) is 0.485. The molecule has 1 rings (SSSR count). The molecule has 0 spiro atoms. The van der Waals surface area contributed by atoms with E-state index in [1.807, 2.05) is 0 Å². The molecule has 3 N–H and O–H groups in total. The number of Topliss-reactive ketones (excluding diaryl/α,β-unsaturated/α-hetero) is 1. The number of aliphatic hydroxyl groups is 2. The van der Waals surface area contributed by atoms with E-state index < -0.39 is 6.10 Å². The van der Waals surface area contributed by atoms with Gasteiger partial charge < -0.3 is 15.5 Å². The maximum Gasteiger partial charge on any atom is 0.132 e. The van der Waals surface area contributed by atoms with Crippen molar-refractivity contribution in [3.05, 3.63) is 0 Å². The van der Waals surface area contributed by atoms with E-state index in [1.54, 1.807) is 0 Å². The van der Waals surface area contributed by atoms with Crippen LogP contribution >= 0.6 is 0 Å². The highest BCUT2D eigenvalue weighted by Crippen LogP contribution is 2.18. The van der Waals surface area contributed by atoms with Crippen LogP contribution in [0.2, 0.25) is 0 Å². The zero-order chi connectivity index (χ0) is 16.2. The molecular weight excluding hydrogens is 278 g/mol. The Morgan fingerprint density at radius 3 is 2.41 bits per heavy atom. The molecule has 0 aromatic heterocycles. The van der Waals surface area contributed by atoms with Gasteiger partial charge in [-0.15, -0.1) is 0 Å². The highest BCUT2D eigenvalue weighted by atomic mass is 16.3. The molecule has 1 saturated heterocycles. The number of aliphatic hydroxyl groups excluding tert-OH is 2.